The van der Waals surface area contributed by atoms with Gasteiger partial charge in [-0.15, -0.1) is 0 Å². The van der Waals surface area contributed by atoms with Gasteiger partial charge in [0, 0.05) is 25.3 Å². The molecule has 0 aliphatic heterocycles. The van der Waals surface area contributed by atoms with E-state index in [-0.39, 0.29) is 5.78 Å². The summed E-state index contributed by atoms with van der Waals surface area (Å²) in [6.45, 7) is 14.0. The Balaban J connectivity index is 1.60. The average Bonchev–Trinajstić information content (AvgIpc) is 3.42. The normalized spacial score (nSPS) is 13.4. The summed E-state index contributed by atoms with van der Waals surface area (Å²) in [5.41, 5.74) is 8.94. The van der Waals surface area contributed by atoms with E-state index in [1.54, 1.807) is 13.0 Å². The fourth-order valence-corrected chi connectivity index (χ4v) is 4.59. The summed E-state index contributed by atoms with van der Waals surface area (Å²) in [6, 6.07) is 17.2. The zero-order valence-corrected chi connectivity index (χ0v) is 22.8. The van der Waals surface area contributed by atoms with E-state index in [1.165, 1.54) is 27.8 Å². The van der Waals surface area contributed by atoms with Crippen molar-refractivity contribution in [2.24, 2.45) is 0 Å². The molecule has 37 heavy (non-hydrogen) atoms. The maximum absolute atomic E-state index is 11.2. The van der Waals surface area contributed by atoms with E-state index in [4.69, 9.17) is 0 Å². The molecule has 2 aromatic carbocycles. The van der Waals surface area contributed by atoms with Gasteiger partial charge in [-0.3, -0.25) is 9.69 Å². The molecule has 0 aromatic heterocycles. The van der Waals surface area contributed by atoms with E-state index in [2.05, 4.69) is 103 Å². The van der Waals surface area contributed by atoms with Crippen LogP contribution in [-0.4, -0.2) is 30.3 Å². The van der Waals surface area contributed by atoms with Gasteiger partial charge in [0.1, 0.15) is 0 Å². The highest BCUT2D eigenvalue weighted by Crippen LogP contribution is 2.23. The van der Waals surface area contributed by atoms with Crippen LogP contribution in [-0.2, 0) is 11.3 Å². The van der Waals surface area contributed by atoms with Gasteiger partial charge in [-0.25, -0.2) is 0 Å². The Labute approximate surface area is 224 Å². The molecular weight excluding hydrogens is 452 g/mol. The van der Waals surface area contributed by atoms with Crippen molar-refractivity contribution in [3.8, 4) is 0 Å². The third-order valence-corrected chi connectivity index (χ3v) is 6.80. The van der Waals surface area contributed by atoms with Crippen LogP contribution in [0.5, 0.6) is 0 Å². The third-order valence-electron chi connectivity index (χ3n) is 6.80. The van der Waals surface area contributed by atoms with Crippen LogP contribution in [0.3, 0.4) is 0 Å². The minimum absolute atomic E-state index is 0.0661. The molecule has 1 aliphatic rings. The molecular formula is C34H42N2O. The van der Waals surface area contributed by atoms with E-state index < -0.39 is 0 Å². The molecule has 0 radical (unpaired) electrons. The fourth-order valence-electron chi connectivity index (χ4n) is 4.59. The number of allylic oxidation sites excluding steroid dienone is 6. The minimum Gasteiger partial charge on any atom is -0.385 e. The first-order chi connectivity index (χ1) is 17.9. The van der Waals surface area contributed by atoms with Crippen LogP contribution in [0.1, 0.15) is 61.8 Å². The first-order valence-corrected chi connectivity index (χ1v) is 13.4. The number of carbonyl (C=O) groups is 1. The number of nitrogens with zero attached hydrogens (tertiary/aromatic N) is 1. The van der Waals surface area contributed by atoms with Crippen molar-refractivity contribution in [3.63, 3.8) is 0 Å². The summed E-state index contributed by atoms with van der Waals surface area (Å²) in [7, 11) is 0. The number of benzene rings is 2. The Bertz CT molecular complexity index is 1160. The van der Waals surface area contributed by atoms with Crippen molar-refractivity contribution in [3.05, 3.63) is 119 Å². The van der Waals surface area contributed by atoms with Gasteiger partial charge >= 0.3 is 0 Å². The van der Waals surface area contributed by atoms with Crippen LogP contribution >= 0.6 is 0 Å². The predicted molar refractivity (Wildman–Crippen MR) is 159 cm³/mol. The van der Waals surface area contributed by atoms with Crippen molar-refractivity contribution in [1.82, 2.24) is 10.2 Å². The molecule has 1 aliphatic carbocycles. The average molecular weight is 495 g/mol. The van der Waals surface area contributed by atoms with Crippen LogP contribution in [0.4, 0.5) is 0 Å². The Hall–Kier alpha value is -3.43. The molecule has 3 rings (SSSR count). The number of hydrogen-bond donors (Lipinski definition) is 1. The molecule has 0 bridgehead atoms. The Morgan fingerprint density at radius 2 is 1.86 bits per heavy atom. The molecule has 0 saturated carbocycles. The zero-order chi connectivity index (χ0) is 26.5. The fraction of sp³-hybridized carbons (Fsp3) is 0.324. The molecule has 0 atom stereocenters. The van der Waals surface area contributed by atoms with E-state index >= 15 is 0 Å². The topological polar surface area (TPSA) is 32.3 Å². The monoisotopic (exact) mass is 494 g/mol. The van der Waals surface area contributed by atoms with Gasteiger partial charge in [0.2, 0.25) is 0 Å². The smallest absolute Gasteiger partial charge is 0.152 e. The van der Waals surface area contributed by atoms with Gasteiger partial charge in [0.15, 0.2) is 5.78 Å². The molecule has 0 fully saturated rings. The Kier molecular flexibility index (Phi) is 11.4. The first kappa shape index (κ1) is 28.1. The van der Waals surface area contributed by atoms with Crippen molar-refractivity contribution in [2.75, 3.05) is 19.6 Å². The highest BCUT2D eigenvalue weighted by molar-refractivity contribution is 5.91. The lowest BCUT2D eigenvalue weighted by Crippen LogP contribution is -2.26. The standard InChI is InChI=1S/C34H42N2O/c1-5-33(34-15-9-6-11-27(34)2)22-24-36(23-10-12-28(3)35-25-31-13-7-8-14-31)26-32-20-18-30(19-21-32)17-16-29(4)37/h5-9,11,13,15-21,35H,3,10,12,14,22-26H2,1-2,4H3/b17-16+,33-5-. The Morgan fingerprint density at radius 3 is 2.54 bits per heavy atom. The third kappa shape index (κ3) is 9.86. The molecule has 0 spiro atoms. The lowest BCUT2D eigenvalue weighted by molar-refractivity contribution is -0.112. The summed E-state index contributed by atoms with van der Waals surface area (Å²) in [5.74, 6) is 0.0661. The van der Waals surface area contributed by atoms with Gasteiger partial charge in [0.05, 0.1) is 0 Å². The second-order valence-corrected chi connectivity index (χ2v) is 9.86. The predicted octanol–water partition coefficient (Wildman–Crippen LogP) is 7.66. The summed E-state index contributed by atoms with van der Waals surface area (Å²) in [5, 5.41) is 3.50. The number of rotatable bonds is 15. The summed E-state index contributed by atoms with van der Waals surface area (Å²) < 4.78 is 0. The van der Waals surface area contributed by atoms with Crippen molar-refractivity contribution in [2.45, 2.75) is 53.0 Å². The van der Waals surface area contributed by atoms with Crippen molar-refractivity contribution < 1.29 is 4.79 Å². The number of hydrogen-bond acceptors (Lipinski definition) is 3. The first-order valence-electron chi connectivity index (χ1n) is 13.4. The number of aryl methyl sites for hydroxylation is 1. The van der Waals surface area contributed by atoms with E-state index in [1.807, 2.05) is 6.08 Å². The highest BCUT2D eigenvalue weighted by Gasteiger charge is 2.11. The van der Waals surface area contributed by atoms with E-state index in [9.17, 15) is 4.79 Å². The zero-order valence-electron chi connectivity index (χ0n) is 22.8. The molecule has 194 valence electrons. The molecule has 2 aromatic rings. The minimum atomic E-state index is 0.0661. The summed E-state index contributed by atoms with van der Waals surface area (Å²) in [6.07, 6.45) is 16.4. The SMILES string of the molecule is C=C(CCCN(CC/C(=C/C)c1ccccc1C)Cc1ccc(/C=C/C(C)=O)cc1)NCC1=CC=CC1. The van der Waals surface area contributed by atoms with Gasteiger partial charge in [-0.2, -0.15) is 0 Å². The molecule has 0 amide bonds. The summed E-state index contributed by atoms with van der Waals surface area (Å²) >= 11 is 0. The lowest BCUT2D eigenvalue weighted by Gasteiger charge is -2.24. The van der Waals surface area contributed by atoms with Gasteiger partial charge in [0.25, 0.3) is 0 Å². The van der Waals surface area contributed by atoms with Gasteiger partial charge in [-0.1, -0.05) is 85.5 Å². The lowest BCUT2D eigenvalue weighted by atomic mass is 9.97. The van der Waals surface area contributed by atoms with Gasteiger partial charge < -0.3 is 5.32 Å². The van der Waals surface area contributed by atoms with Crippen molar-refractivity contribution >= 4 is 17.4 Å². The molecule has 3 nitrogen and oxygen atoms in total. The van der Waals surface area contributed by atoms with Crippen LogP contribution in [0, 0.1) is 6.92 Å². The van der Waals surface area contributed by atoms with Crippen LogP contribution in [0.2, 0.25) is 0 Å². The molecule has 0 heterocycles. The van der Waals surface area contributed by atoms with E-state index in [0.717, 1.165) is 63.1 Å². The highest BCUT2D eigenvalue weighted by atomic mass is 16.1. The quantitative estimate of drug-likeness (QED) is 0.258. The van der Waals surface area contributed by atoms with Gasteiger partial charge in [-0.05, 0) is 92.5 Å². The molecule has 0 unspecified atom stereocenters. The molecule has 1 N–H and O–H groups in total. The van der Waals surface area contributed by atoms with E-state index in [0.29, 0.717) is 0 Å². The summed E-state index contributed by atoms with van der Waals surface area (Å²) in [4.78, 5) is 13.8. The van der Waals surface area contributed by atoms with Crippen LogP contribution in [0.15, 0.2) is 96.8 Å². The maximum Gasteiger partial charge on any atom is 0.152 e. The second kappa shape index (κ2) is 15.0. The number of nitrogens with one attached hydrogen (secondary N) is 1. The van der Waals surface area contributed by atoms with Crippen LogP contribution in [0.25, 0.3) is 11.6 Å². The molecule has 0 saturated heterocycles. The van der Waals surface area contributed by atoms with Crippen molar-refractivity contribution in [1.29, 1.82) is 0 Å². The molecule has 3 heteroatoms. The maximum atomic E-state index is 11.2. The number of carbonyl (C=O) groups excluding carboxylic acids is 1. The second-order valence-electron chi connectivity index (χ2n) is 9.86. The van der Waals surface area contributed by atoms with Crippen LogP contribution < -0.4 is 5.32 Å². The number of ketones is 1. The Morgan fingerprint density at radius 1 is 1.08 bits per heavy atom. The largest absolute Gasteiger partial charge is 0.385 e.